The van der Waals surface area contributed by atoms with Gasteiger partial charge >= 0.3 is 0 Å². The van der Waals surface area contributed by atoms with Crippen molar-refractivity contribution in [2.24, 2.45) is 11.3 Å². The van der Waals surface area contributed by atoms with Gasteiger partial charge in [-0.1, -0.05) is 25.0 Å². The molecule has 86 valence electrons. The van der Waals surface area contributed by atoms with Gasteiger partial charge in [0.15, 0.2) is 0 Å². The van der Waals surface area contributed by atoms with Crippen LogP contribution in [0.4, 0.5) is 0 Å². The Labute approximate surface area is 97.5 Å². The molecule has 0 spiro atoms. The Hall–Kier alpha value is -0.980. The van der Waals surface area contributed by atoms with Crippen LogP contribution < -0.4 is 0 Å². The third kappa shape index (κ3) is 1.53. The van der Waals surface area contributed by atoms with Gasteiger partial charge in [0.1, 0.15) is 0 Å². The summed E-state index contributed by atoms with van der Waals surface area (Å²) in [6, 6.07) is 0. The van der Waals surface area contributed by atoms with Crippen molar-refractivity contribution >= 4 is 0 Å². The van der Waals surface area contributed by atoms with E-state index >= 15 is 0 Å². The van der Waals surface area contributed by atoms with Crippen molar-refractivity contribution in [3.63, 3.8) is 0 Å². The number of hydrogen-bond acceptors (Lipinski definition) is 1. The molecular weight excluding hydrogens is 196 g/mol. The zero-order chi connectivity index (χ0) is 11.3. The van der Waals surface area contributed by atoms with Crippen LogP contribution in [0.2, 0.25) is 0 Å². The first kappa shape index (κ1) is 10.2. The molecule has 2 aliphatic rings. The van der Waals surface area contributed by atoms with Crippen LogP contribution in [0.3, 0.4) is 0 Å². The number of hydrogen-bond donors (Lipinski definition) is 0. The lowest BCUT2D eigenvalue weighted by molar-refractivity contribution is 0.359. The van der Waals surface area contributed by atoms with Gasteiger partial charge in [-0.25, -0.2) is 0 Å². The molecule has 2 aliphatic carbocycles. The third-order valence-corrected chi connectivity index (χ3v) is 4.26. The number of allylic oxidation sites excluding steroid dienone is 2. The fourth-order valence-corrected chi connectivity index (χ4v) is 3.57. The minimum absolute atomic E-state index is 0.502. The minimum atomic E-state index is 0.502. The molecule has 1 nitrogen and oxygen atoms in total. The highest BCUT2D eigenvalue weighted by atomic mass is 16.3. The molecule has 1 heteroatoms. The maximum Gasteiger partial charge on any atom is 0.0940 e. The lowest BCUT2D eigenvalue weighted by Gasteiger charge is -2.16. The topological polar surface area (TPSA) is 13.1 Å². The molecule has 1 atom stereocenters. The zero-order valence-electron chi connectivity index (χ0n) is 10.5. The summed E-state index contributed by atoms with van der Waals surface area (Å²) in [6.07, 6.45) is 8.83. The summed E-state index contributed by atoms with van der Waals surface area (Å²) in [7, 11) is 0. The van der Waals surface area contributed by atoms with Gasteiger partial charge in [-0.05, 0) is 55.1 Å². The highest BCUT2D eigenvalue weighted by Crippen LogP contribution is 2.49. The Morgan fingerprint density at radius 1 is 1.25 bits per heavy atom. The van der Waals surface area contributed by atoms with E-state index in [0.717, 1.165) is 12.3 Å². The van der Waals surface area contributed by atoms with E-state index in [1.807, 2.05) is 12.5 Å². The van der Waals surface area contributed by atoms with Crippen LogP contribution in [0.25, 0.3) is 0 Å². The Bertz CT molecular complexity index is 448. The van der Waals surface area contributed by atoms with Crippen LogP contribution in [-0.4, -0.2) is 0 Å². The second-order valence-corrected chi connectivity index (χ2v) is 6.35. The Morgan fingerprint density at radius 2 is 2.00 bits per heavy atom. The second-order valence-electron chi connectivity index (χ2n) is 6.35. The Kier molecular flexibility index (Phi) is 2.07. The molecule has 0 bridgehead atoms. The summed E-state index contributed by atoms with van der Waals surface area (Å²) in [5.74, 6) is 0.772. The SMILES string of the molecule is CC1=C2CC(C)(C)C[C@H]2Cc2cocc2C1. The maximum atomic E-state index is 5.35. The average molecular weight is 216 g/mol. The summed E-state index contributed by atoms with van der Waals surface area (Å²) >= 11 is 0. The fourth-order valence-electron chi connectivity index (χ4n) is 3.57. The zero-order valence-corrected chi connectivity index (χ0v) is 10.5. The van der Waals surface area contributed by atoms with E-state index in [4.69, 9.17) is 4.42 Å². The summed E-state index contributed by atoms with van der Waals surface area (Å²) in [5.41, 5.74) is 6.69. The van der Waals surface area contributed by atoms with Crippen LogP contribution in [0, 0.1) is 11.3 Å². The number of fused-ring (bicyclic) bond motifs is 2. The molecule has 1 aromatic heterocycles. The smallest absolute Gasteiger partial charge is 0.0940 e. The molecule has 0 amide bonds. The third-order valence-electron chi connectivity index (χ3n) is 4.26. The first-order valence-electron chi connectivity index (χ1n) is 6.28. The molecule has 0 radical (unpaired) electrons. The summed E-state index contributed by atoms with van der Waals surface area (Å²) in [5, 5.41) is 0. The molecule has 0 unspecified atom stereocenters. The van der Waals surface area contributed by atoms with Gasteiger partial charge < -0.3 is 4.42 Å². The van der Waals surface area contributed by atoms with E-state index in [-0.39, 0.29) is 0 Å². The Balaban J connectivity index is 2.01. The molecule has 16 heavy (non-hydrogen) atoms. The van der Waals surface area contributed by atoms with E-state index in [0.29, 0.717) is 5.41 Å². The van der Waals surface area contributed by atoms with Gasteiger partial charge in [0.2, 0.25) is 0 Å². The fraction of sp³-hybridized carbons (Fsp3) is 0.600. The monoisotopic (exact) mass is 216 g/mol. The van der Waals surface area contributed by atoms with Crippen LogP contribution in [0.15, 0.2) is 28.1 Å². The largest absolute Gasteiger partial charge is 0.472 e. The van der Waals surface area contributed by atoms with Crippen molar-refractivity contribution in [1.82, 2.24) is 0 Å². The molecule has 0 saturated heterocycles. The molecule has 1 fully saturated rings. The Morgan fingerprint density at radius 3 is 2.81 bits per heavy atom. The highest BCUT2D eigenvalue weighted by molar-refractivity contribution is 5.36. The van der Waals surface area contributed by atoms with Crippen molar-refractivity contribution in [1.29, 1.82) is 0 Å². The number of furan rings is 1. The van der Waals surface area contributed by atoms with Gasteiger partial charge in [0, 0.05) is 0 Å². The van der Waals surface area contributed by atoms with E-state index in [9.17, 15) is 0 Å². The van der Waals surface area contributed by atoms with Crippen LogP contribution >= 0.6 is 0 Å². The predicted octanol–water partition coefficient (Wildman–Crippen LogP) is 4.13. The summed E-state index contributed by atoms with van der Waals surface area (Å²) in [4.78, 5) is 0. The second kappa shape index (κ2) is 3.26. The predicted molar refractivity (Wildman–Crippen MR) is 65.3 cm³/mol. The standard InChI is InChI=1S/C15H20O/c1-10-4-12-8-16-9-13(12)5-11-6-15(2,3)7-14(10)11/h8-9,11H,4-7H2,1-3H3/t11-/m1/s1. The van der Waals surface area contributed by atoms with Crippen molar-refractivity contribution in [2.75, 3.05) is 0 Å². The first-order chi connectivity index (χ1) is 7.55. The van der Waals surface area contributed by atoms with Crippen molar-refractivity contribution in [2.45, 2.75) is 46.5 Å². The molecule has 0 aromatic carbocycles. The quantitative estimate of drug-likeness (QED) is 0.594. The van der Waals surface area contributed by atoms with Crippen LogP contribution in [0.5, 0.6) is 0 Å². The highest BCUT2D eigenvalue weighted by Gasteiger charge is 2.37. The lowest BCUT2D eigenvalue weighted by Crippen LogP contribution is -2.06. The van der Waals surface area contributed by atoms with Gasteiger partial charge in [-0.15, -0.1) is 0 Å². The molecular formula is C15H20O. The molecule has 1 saturated carbocycles. The van der Waals surface area contributed by atoms with Crippen molar-refractivity contribution in [3.8, 4) is 0 Å². The average Bonchev–Trinajstić information content (AvgIpc) is 2.69. The molecule has 1 heterocycles. The lowest BCUT2D eigenvalue weighted by atomic mass is 9.89. The minimum Gasteiger partial charge on any atom is -0.472 e. The molecule has 1 aromatic rings. The summed E-state index contributed by atoms with van der Waals surface area (Å²) in [6.45, 7) is 7.11. The molecule has 3 rings (SSSR count). The van der Waals surface area contributed by atoms with Gasteiger partial charge in [-0.2, -0.15) is 0 Å². The maximum absolute atomic E-state index is 5.35. The van der Waals surface area contributed by atoms with E-state index in [1.165, 1.54) is 30.4 Å². The van der Waals surface area contributed by atoms with Gasteiger partial charge in [0.05, 0.1) is 12.5 Å². The molecule has 0 aliphatic heterocycles. The van der Waals surface area contributed by atoms with E-state index < -0.39 is 0 Å². The van der Waals surface area contributed by atoms with Gasteiger partial charge in [0.25, 0.3) is 0 Å². The van der Waals surface area contributed by atoms with Crippen molar-refractivity contribution < 1.29 is 4.42 Å². The van der Waals surface area contributed by atoms with E-state index in [2.05, 4.69) is 20.8 Å². The molecule has 0 N–H and O–H groups in total. The van der Waals surface area contributed by atoms with E-state index in [1.54, 1.807) is 11.1 Å². The van der Waals surface area contributed by atoms with Crippen LogP contribution in [-0.2, 0) is 12.8 Å². The van der Waals surface area contributed by atoms with Gasteiger partial charge in [-0.3, -0.25) is 0 Å². The number of rotatable bonds is 0. The normalized spacial score (nSPS) is 27.6. The first-order valence-corrected chi connectivity index (χ1v) is 6.28. The summed E-state index contributed by atoms with van der Waals surface area (Å²) < 4.78 is 5.35. The van der Waals surface area contributed by atoms with Crippen LogP contribution in [0.1, 0.15) is 44.7 Å². The van der Waals surface area contributed by atoms with Crippen molar-refractivity contribution in [3.05, 3.63) is 34.8 Å².